The topological polar surface area (TPSA) is 74.2 Å². The van der Waals surface area contributed by atoms with E-state index in [1.807, 2.05) is 62.4 Å². The Hall–Kier alpha value is -3.26. The van der Waals surface area contributed by atoms with Crippen molar-refractivity contribution in [3.05, 3.63) is 72.1 Å². The zero-order valence-electron chi connectivity index (χ0n) is 16.7. The van der Waals surface area contributed by atoms with Gasteiger partial charge in [-0.2, -0.15) is 5.10 Å². The second-order valence-corrected chi connectivity index (χ2v) is 7.79. The summed E-state index contributed by atoms with van der Waals surface area (Å²) in [5.74, 6) is 0.883. The molecule has 30 heavy (non-hydrogen) atoms. The number of thioether (sulfide) groups is 1. The van der Waals surface area contributed by atoms with Gasteiger partial charge in [-0.25, -0.2) is 0 Å². The maximum absolute atomic E-state index is 12.9. The molecule has 2 aliphatic rings. The lowest BCUT2D eigenvalue weighted by Gasteiger charge is -2.31. The van der Waals surface area contributed by atoms with E-state index in [4.69, 9.17) is 4.74 Å². The monoisotopic (exact) mass is 422 g/mol. The first kappa shape index (κ1) is 20.0. The standard InChI is InChI=1S/C22H22N4O3S/c1-3-29-18-10-8-17(9-11-18)25-12-13-26-20(21(25)28)23-24-22(26)30-14-19(27)16-6-4-15(2)5-7-16/h4-13,20,23H,3,14H2,1-2H3. The normalized spacial score (nSPS) is 17.5. The number of Topliss-reactive ketones (excluding diaryl/α,β-unsaturated/α-hetero) is 1. The molecular weight excluding hydrogens is 400 g/mol. The summed E-state index contributed by atoms with van der Waals surface area (Å²) in [6.07, 6.45) is 2.88. The van der Waals surface area contributed by atoms with Gasteiger partial charge in [-0.1, -0.05) is 41.6 Å². The van der Waals surface area contributed by atoms with Gasteiger partial charge in [0.2, 0.25) is 6.17 Å². The molecule has 0 fully saturated rings. The number of hydrogen-bond donors (Lipinski definition) is 1. The predicted molar refractivity (Wildman–Crippen MR) is 118 cm³/mol. The molecule has 0 aliphatic carbocycles. The van der Waals surface area contributed by atoms with E-state index in [2.05, 4.69) is 10.5 Å². The minimum Gasteiger partial charge on any atom is -0.494 e. The summed E-state index contributed by atoms with van der Waals surface area (Å²) in [6, 6.07) is 14.9. The van der Waals surface area contributed by atoms with Crippen molar-refractivity contribution in [1.82, 2.24) is 10.3 Å². The Morgan fingerprint density at radius 3 is 2.57 bits per heavy atom. The Morgan fingerprint density at radius 1 is 1.13 bits per heavy atom. The minimum absolute atomic E-state index is 0.0227. The van der Waals surface area contributed by atoms with Crippen LogP contribution in [0, 0.1) is 6.92 Å². The minimum atomic E-state index is -0.626. The predicted octanol–water partition coefficient (Wildman–Crippen LogP) is 3.33. The highest BCUT2D eigenvalue weighted by atomic mass is 32.2. The third-order valence-corrected chi connectivity index (χ3v) is 5.73. The molecule has 2 aromatic rings. The number of amides is 1. The number of carbonyl (C=O) groups excluding carboxylic acids is 2. The fraction of sp³-hybridized carbons (Fsp3) is 0.227. The van der Waals surface area contributed by atoms with Crippen LogP contribution in [0.25, 0.3) is 0 Å². The van der Waals surface area contributed by atoms with Gasteiger partial charge in [-0.15, -0.1) is 0 Å². The first-order valence-electron chi connectivity index (χ1n) is 9.65. The van der Waals surface area contributed by atoms with Crippen molar-refractivity contribution in [3.8, 4) is 5.75 Å². The van der Waals surface area contributed by atoms with Gasteiger partial charge >= 0.3 is 0 Å². The Balaban J connectivity index is 1.40. The van der Waals surface area contributed by atoms with Crippen LogP contribution in [-0.4, -0.2) is 40.3 Å². The molecule has 8 heteroatoms. The summed E-state index contributed by atoms with van der Waals surface area (Å²) in [7, 11) is 0. The first-order chi connectivity index (χ1) is 14.6. The lowest BCUT2D eigenvalue weighted by atomic mass is 10.1. The highest BCUT2D eigenvalue weighted by Crippen LogP contribution is 2.27. The van der Waals surface area contributed by atoms with E-state index in [1.165, 1.54) is 11.8 Å². The number of rotatable bonds is 6. The van der Waals surface area contributed by atoms with Crippen molar-refractivity contribution < 1.29 is 14.3 Å². The lowest BCUT2D eigenvalue weighted by Crippen LogP contribution is -2.52. The average Bonchev–Trinajstić information content (AvgIpc) is 3.18. The van der Waals surface area contributed by atoms with Crippen molar-refractivity contribution >= 4 is 34.3 Å². The summed E-state index contributed by atoms with van der Waals surface area (Å²) < 4.78 is 5.45. The van der Waals surface area contributed by atoms with Crippen molar-refractivity contribution in [1.29, 1.82) is 0 Å². The van der Waals surface area contributed by atoms with Gasteiger partial charge in [0.05, 0.1) is 12.4 Å². The van der Waals surface area contributed by atoms with Crippen LogP contribution < -0.4 is 15.1 Å². The molecule has 2 aromatic carbocycles. The molecule has 1 N–H and O–H groups in total. The zero-order valence-corrected chi connectivity index (χ0v) is 17.6. The molecular formula is C22H22N4O3S. The van der Waals surface area contributed by atoms with Crippen LogP contribution in [-0.2, 0) is 4.79 Å². The Morgan fingerprint density at radius 2 is 1.87 bits per heavy atom. The number of fused-ring (bicyclic) bond motifs is 1. The van der Waals surface area contributed by atoms with Crippen LogP contribution in [0.1, 0.15) is 22.8 Å². The number of carbonyl (C=O) groups is 2. The van der Waals surface area contributed by atoms with Crippen molar-refractivity contribution in [2.24, 2.45) is 5.10 Å². The molecule has 1 atom stereocenters. The number of nitrogens with zero attached hydrogens (tertiary/aromatic N) is 3. The molecule has 2 aliphatic heterocycles. The average molecular weight is 423 g/mol. The van der Waals surface area contributed by atoms with E-state index in [-0.39, 0.29) is 17.4 Å². The van der Waals surface area contributed by atoms with Crippen LogP contribution in [0.3, 0.4) is 0 Å². The molecule has 154 valence electrons. The van der Waals surface area contributed by atoms with Crippen LogP contribution in [0.15, 0.2) is 66.0 Å². The van der Waals surface area contributed by atoms with Crippen LogP contribution in [0.2, 0.25) is 0 Å². The Labute approximate surface area is 179 Å². The fourth-order valence-corrected chi connectivity index (χ4v) is 4.02. The quantitative estimate of drug-likeness (QED) is 0.720. The number of benzene rings is 2. The van der Waals surface area contributed by atoms with E-state index in [9.17, 15) is 9.59 Å². The first-order valence-corrected chi connectivity index (χ1v) is 10.6. The van der Waals surface area contributed by atoms with Gasteiger partial charge < -0.3 is 4.74 Å². The summed E-state index contributed by atoms with van der Waals surface area (Å²) in [5.41, 5.74) is 5.40. The second kappa shape index (κ2) is 8.62. The number of anilines is 1. The molecule has 0 saturated heterocycles. The van der Waals surface area contributed by atoms with Gasteiger partial charge in [0.1, 0.15) is 5.75 Å². The van der Waals surface area contributed by atoms with E-state index in [0.29, 0.717) is 17.3 Å². The van der Waals surface area contributed by atoms with Crippen LogP contribution in [0.5, 0.6) is 5.75 Å². The third kappa shape index (κ3) is 4.04. The Kier molecular flexibility index (Phi) is 5.76. The van der Waals surface area contributed by atoms with Gasteiger partial charge in [0, 0.05) is 23.7 Å². The highest BCUT2D eigenvalue weighted by Gasteiger charge is 2.38. The molecule has 7 nitrogen and oxygen atoms in total. The molecule has 2 heterocycles. The molecule has 0 spiro atoms. The molecule has 0 aromatic heterocycles. The molecule has 4 rings (SSSR count). The summed E-state index contributed by atoms with van der Waals surface area (Å²) >= 11 is 1.31. The van der Waals surface area contributed by atoms with E-state index in [0.717, 1.165) is 17.0 Å². The maximum atomic E-state index is 12.9. The molecule has 1 amide bonds. The highest BCUT2D eigenvalue weighted by molar-refractivity contribution is 8.14. The van der Waals surface area contributed by atoms with E-state index < -0.39 is 6.17 Å². The van der Waals surface area contributed by atoms with Crippen molar-refractivity contribution in [2.45, 2.75) is 20.0 Å². The molecule has 0 saturated carbocycles. The smallest absolute Gasteiger partial charge is 0.276 e. The van der Waals surface area contributed by atoms with Crippen molar-refractivity contribution in [2.75, 3.05) is 17.3 Å². The second-order valence-electron chi connectivity index (χ2n) is 6.84. The molecule has 1 unspecified atom stereocenters. The number of nitrogens with one attached hydrogen (secondary N) is 1. The summed E-state index contributed by atoms with van der Waals surface area (Å²) in [4.78, 5) is 28.7. The van der Waals surface area contributed by atoms with Gasteiger partial charge in [-0.05, 0) is 38.1 Å². The summed E-state index contributed by atoms with van der Waals surface area (Å²) in [5, 5.41) is 4.86. The number of ketones is 1. The van der Waals surface area contributed by atoms with Gasteiger partial charge in [0.25, 0.3) is 5.91 Å². The number of hydrogen-bond acceptors (Lipinski definition) is 7. The third-order valence-electron chi connectivity index (χ3n) is 4.76. The van der Waals surface area contributed by atoms with Gasteiger partial charge in [0.15, 0.2) is 11.0 Å². The van der Waals surface area contributed by atoms with Gasteiger partial charge in [-0.3, -0.25) is 24.8 Å². The summed E-state index contributed by atoms with van der Waals surface area (Å²) in [6.45, 7) is 4.50. The molecule has 0 radical (unpaired) electrons. The Bertz CT molecular complexity index is 1000. The number of ether oxygens (including phenoxy) is 1. The van der Waals surface area contributed by atoms with Crippen molar-refractivity contribution in [3.63, 3.8) is 0 Å². The number of hydrazone groups is 1. The largest absolute Gasteiger partial charge is 0.494 e. The lowest BCUT2D eigenvalue weighted by molar-refractivity contribution is -0.122. The van der Waals surface area contributed by atoms with E-state index >= 15 is 0 Å². The fourth-order valence-electron chi connectivity index (χ4n) is 3.16. The SMILES string of the molecule is CCOc1ccc(N2C=CN3C(SCC(=O)c4ccc(C)cc4)=NNC3C2=O)cc1. The number of aryl methyl sites for hydroxylation is 1. The van der Waals surface area contributed by atoms with Crippen LogP contribution in [0.4, 0.5) is 5.69 Å². The van der Waals surface area contributed by atoms with E-state index in [1.54, 1.807) is 22.2 Å². The van der Waals surface area contributed by atoms with Crippen LogP contribution >= 0.6 is 11.8 Å². The molecule has 0 bridgehead atoms. The maximum Gasteiger partial charge on any atom is 0.276 e. The number of amidine groups is 1. The zero-order chi connectivity index (χ0) is 21.1.